The van der Waals surface area contributed by atoms with Crippen molar-refractivity contribution in [1.29, 1.82) is 0 Å². The Bertz CT molecular complexity index is 517. The Morgan fingerprint density at radius 1 is 1.23 bits per heavy atom. The number of hydrogen-bond acceptors (Lipinski definition) is 4. The van der Waals surface area contributed by atoms with Gasteiger partial charge in [0.2, 0.25) is 5.91 Å². The van der Waals surface area contributed by atoms with Gasteiger partial charge in [0.05, 0.1) is 0 Å². The molecule has 22 heavy (non-hydrogen) atoms. The molecule has 1 aliphatic heterocycles. The van der Waals surface area contributed by atoms with Gasteiger partial charge in [-0.15, -0.1) is 12.4 Å². The Morgan fingerprint density at radius 3 is 2.41 bits per heavy atom. The minimum atomic E-state index is -3.39. The Labute approximate surface area is 139 Å². The number of carbonyl (C=O) groups excluding carboxylic acids is 1. The van der Waals surface area contributed by atoms with Crippen molar-refractivity contribution in [3.05, 3.63) is 0 Å². The van der Waals surface area contributed by atoms with Gasteiger partial charge in [0, 0.05) is 12.8 Å². The molecule has 3 rings (SSSR count). The molecule has 0 aromatic rings. The van der Waals surface area contributed by atoms with Crippen molar-refractivity contribution in [3.63, 3.8) is 0 Å². The van der Waals surface area contributed by atoms with Crippen molar-refractivity contribution in [2.45, 2.75) is 43.3 Å². The summed E-state index contributed by atoms with van der Waals surface area (Å²) < 4.78 is 23.2. The molecule has 1 saturated heterocycles. The second-order valence-corrected chi connectivity index (χ2v) is 9.49. The van der Waals surface area contributed by atoms with Gasteiger partial charge in [-0.3, -0.25) is 4.79 Å². The predicted octanol–water partition coefficient (Wildman–Crippen LogP) is 1.13. The lowest BCUT2D eigenvalue weighted by Crippen LogP contribution is -2.57. The topological polar surface area (TPSA) is 75.3 Å². The fourth-order valence-corrected chi connectivity index (χ4v) is 5.96. The van der Waals surface area contributed by atoms with Crippen LogP contribution < -0.4 is 10.6 Å². The van der Waals surface area contributed by atoms with E-state index in [1.54, 1.807) is 0 Å². The molecule has 3 fully saturated rings. The van der Waals surface area contributed by atoms with E-state index in [0.29, 0.717) is 38.4 Å². The van der Waals surface area contributed by atoms with Crippen molar-refractivity contribution in [1.82, 2.24) is 10.6 Å². The summed E-state index contributed by atoms with van der Waals surface area (Å²) in [4.78, 5) is 12.6. The van der Waals surface area contributed by atoms with Crippen LogP contribution in [-0.2, 0) is 14.6 Å². The van der Waals surface area contributed by atoms with Crippen molar-refractivity contribution < 1.29 is 13.2 Å². The van der Waals surface area contributed by atoms with Gasteiger partial charge < -0.3 is 10.6 Å². The van der Waals surface area contributed by atoms with Crippen LogP contribution in [0.1, 0.15) is 38.5 Å². The summed E-state index contributed by atoms with van der Waals surface area (Å²) >= 11 is 0. The van der Waals surface area contributed by atoms with Crippen LogP contribution in [-0.4, -0.2) is 45.0 Å². The average Bonchev–Trinajstić information content (AvgIpc) is 3.06. The van der Waals surface area contributed by atoms with Gasteiger partial charge in [0.1, 0.15) is 0 Å². The first-order chi connectivity index (χ1) is 9.92. The molecule has 2 aliphatic carbocycles. The number of hydrogen-bond donors (Lipinski definition) is 2. The number of rotatable bonds is 4. The van der Waals surface area contributed by atoms with E-state index in [-0.39, 0.29) is 18.3 Å². The molecule has 0 aromatic carbocycles. The van der Waals surface area contributed by atoms with E-state index in [1.807, 2.05) is 0 Å². The number of nitrogens with one attached hydrogen (secondary N) is 2. The molecule has 3 unspecified atom stereocenters. The van der Waals surface area contributed by atoms with E-state index in [0.717, 1.165) is 11.8 Å². The zero-order valence-corrected chi connectivity index (χ0v) is 14.8. The van der Waals surface area contributed by atoms with Crippen LogP contribution in [0.15, 0.2) is 0 Å². The maximum atomic E-state index is 12.6. The first kappa shape index (κ1) is 18.0. The van der Waals surface area contributed by atoms with Gasteiger partial charge >= 0.3 is 0 Å². The molecule has 2 bridgehead atoms. The van der Waals surface area contributed by atoms with E-state index < -0.39 is 14.6 Å². The fraction of sp³-hybridized carbons (Fsp3) is 0.933. The Hall–Kier alpha value is -0.330. The van der Waals surface area contributed by atoms with E-state index >= 15 is 0 Å². The van der Waals surface area contributed by atoms with Crippen LogP contribution in [0.25, 0.3) is 0 Å². The number of sulfone groups is 1. The molecule has 0 spiro atoms. The SMILES string of the molecule is CS(=O)(=O)C1(C(=O)NCC2CC3CCC2C3)CCNCC1.Cl. The largest absolute Gasteiger partial charge is 0.354 e. The monoisotopic (exact) mass is 350 g/mol. The van der Waals surface area contributed by atoms with Crippen molar-refractivity contribution in [2.24, 2.45) is 17.8 Å². The highest BCUT2D eigenvalue weighted by atomic mass is 35.5. The predicted molar refractivity (Wildman–Crippen MR) is 88.9 cm³/mol. The van der Waals surface area contributed by atoms with Crippen LogP contribution in [0.2, 0.25) is 0 Å². The van der Waals surface area contributed by atoms with Crippen LogP contribution in [0, 0.1) is 17.8 Å². The molecule has 0 aromatic heterocycles. The highest BCUT2D eigenvalue weighted by Crippen LogP contribution is 2.48. The first-order valence-electron chi connectivity index (χ1n) is 8.11. The summed E-state index contributed by atoms with van der Waals surface area (Å²) in [5.74, 6) is 1.89. The summed E-state index contributed by atoms with van der Waals surface area (Å²) in [7, 11) is -3.39. The third-order valence-electron chi connectivity index (χ3n) is 5.94. The summed E-state index contributed by atoms with van der Waals surface area (Å²) in [6.07, 6.45) is 7.11. The summed E-state index contributed by atoms with van der Waals surface area (Å²) in [5, 5.41) is 6.12. The summed E-state index contributed by atoms with van der Waals surface area (Å²) in [5.41, 5.74) is 0. The van der Waals surface area contributed by atoms with Crippen LogP contribution in [0.5, 0.6) is 0 Å². The maximum Gasteiger partial charge on any atom is 0.241 e. The Kier molecular flexibility index (Phi) is 5.45. The first-order valence-corrected chi connectivity index (χ1v) is 10.0. The molecule has 3 aliphatic rings. The molecule has 3 atom stereocenters. The molecule has 1 heterocycles. The number of piperidine rings is 1. The molecule has 0 radical (unpaired) electrons. The van der Waals surface area contributed by atoms with E-state index in [1.165, 1.54) is 31.9 Å². The van der Waals surface area contributed by atoms with E-state index in [4.69, 9.17) is 0 Å². The average molecular weight is 351 g/mol. The van der Waals surface area contributed by atoms with Crippen LogP contribution >= 0.6 is 12.4 Å². The number of fused-ring (bicyclic) bond motifs is 2. The third-order valence-corrected chi connectivity index (χ3v) is 7.96. The maximum absolute atomic E-state index is 12.6. The normalized spacial score (nSPS) is 33.2. The molecule has 5 nitrogen and oxygen atoms in total. The highest BCUT2D eigenvalue weighted by molar-refractivity contribution is 7.92. The van der Waals surface area contributed by atoms with Crippen molar-refractivity contribution in [3.8, 4) is 0 Å². The highest BCUT2D eigenvalue weighted by Gasteiger charge is 2.49. The van der Waals surface area contributed by atoms with Gasteiger partial charge in [0.15, 0.2) is 14.6 Å². The lowest BCUT2D eigenvalue weighted by Gasteiger charge is -2.35. The summed E-state index contributed by atoms with van der Waals surface area (Å²) in [6.45, 7) is 1.84. The second-order valence-electron chi connectivity index (χ2n) is 7.16. The molecule has 1 amide bonds. The molecule has 7 heteroatoms. The smallest absolute Gasteiger partial charge is 0.241 e. The van der Waals surface area contributed by atoms with Gasteiger partial charge in [-0.05, 0) is 62.9 Å². The number of carbonyl (C=O) groups is 1. The van der Waals surface area contributed by atoms with E-state index in [2.05, 4.69) is 10.6 Å². The molecule has 128 valence electrons. The number of halogens is 1. The van der Waals surface area contributed by atoms with Crippen LogP contribution in [0.3, 0.4) is 0 Å². The molecule has 2 N–H and O–H groups in total. The Morgan fingerprint density at radius 2 is 1.91 bits per heavy atom. The van der Waals surface area contributed by atoms with E-state index in [9.17, 15) is 13.2 Å². The lowest BCUT2D eigenvalue weighted by molar-refractivity contribution is -0.124. The summed E-state index contributed by atoms with van der Waals surface area (Å²) in [6, 6.07) is 0. The van der Waals surface area contributed by atoms with Gasteiger partial charge in [-0.25, -0.2) is 8.42 Å². The second kappa shape index (κ2) is 6.65. The van der Waals surface area contributed by atoms with Crippen molar-refractivity contribution in [2.75, 3.05) is 25.9 Å². The quantitative estimate of drug-likeness (QED) is 0.797. The fourth-order valence-electron chi connectivity index (χ4n) is 4.61. The number of amides is 1. The standard InChI is InChI=1S/C15H26N2O3S.ClH/c1-21(19,20)15(4-6-16-7-5-15)14(18)17-10-13-9-11-2-3-12(13)8-11;/h11-13,16H,2-10H2,1H3,(H,17,18);1H. The minimum Gasteiger partial charge on any atom is -0.354 e. The molecular weight excluding hydrogens is 324 g/mol. The van der Waals surface area contributed by atoms with Crippen LogP contribution in [0.4, 0.5) is 0 Å². The third kappa shape index (κ3) is 3.15. The van der Waals surface area contributed by atoms with Gasteiger partial charge in [-0.2, -0.15) is 0 Å². The zero-order chi connectivity index (χ0) is 15.1. The van der Waals surface area contributed by atoms with Crippen molar-refractivity contribution >= 4 is 28.2 Å². The minimum absolute atomic E-state index is 0. The Balaban J connectivity index is 0.00000176. The molecule has 2 saturated carbocycles. The zero-order valence-electron chi connectivity index (χ0n) is 13.1. The molecular formula is C15H27ClN2O3S. The van der Waals surface area contributed by atoms with Gasteiger partial charge in [-0.1, -0.05) is 6.42 Å². The van der Waals surface area contributed by atoms with Gasteiger partial charge in [0.25, 0.3) is 0 Å². The lowest BCUT2D eigenvalue weighted by atomic mass is 9.88.